The zero-order valence-electron chi connectivity index (χ0n) is 15.3. The molecule has 2 amide bonds. The van der Waals surface area contributed by atoms with Gasteiger partial charge in [0.15, 0.2) is 5.76 Å². The summed E-state index contributed by atoms with van der Waals surface area (Å²) in [5, 5.41) is 11.9. The molecule has 11 heteroatoms. The highest BCUT2D eigenvalue weighted by Gasteiger charge is 2.36. The number of oxazole rings is 1. The van der Waals surface area contributed by atoms with E-state index in [0.717, 1.165) is 18.3 Å². The summed E-state index contributed by atoms with van der Waals surface area (Å²) < 4.78 is 48.9. The lowest BCUT2D eigenvalue weighted by Gasteiger charge is -2.19. The normalized spacial score (nSPS) is 19.4. The van der Waals surface area contributed by atoms with Crippen molar-refractivity contribution in [1.29, 1.82) is 0 Å². The van der Waals surface area contributed by atoms with Gasteiger partial charge in [-0.25, -0.2) is 9.78 Å². The minimum atomic E-state index is -4.51. The standard InChI is InChI=1S/C18H18F3N3O5/c1-28-9-13-6-12(8-24(13)17(26)27)23-15(25)16-22-7-14(29-16)10-3-2-4-11(5-10)18(19,20)21/h2-5,7,12-13H,6,8-9H2,1H3,(H,23,25)(H,26,27). The monoisotopic (exact) mass is 413 g/mol. The van der Waals surface area contributed by atoms with Gasteiger partial charge in [0, 0.05) is 25.3 Å². The summed E-state index contributed by atoms with van der Waals surface area (Å²) in [5.74, 6) is -0.997. The molecule has 29 heavy (non-hydrogen) atoms. The number of hydrogen-bond acceptors (Lipinski definition) is 5. The maximum Gasteiger partial charge on any atom is 0.416 e. The van der Waals surface area contributed by atoms with Gasteiger partial charge < -0.3 is 24.5 Å². The summed E-state index contributed by atoms with van der Waals surface area (Å²) in [4.78, 5) is 28.7. The van der Waals surface area contributed by atoms with Gasteiger partial charge in [0.05, 0.1) is 24.4 Å². The molecule has 2 aromatic rings. The van der Waals surface area contributed by atoms with E-state index < -0.39 is 35.8 Å². The highest BCUT2D eigenvalue weighted by atomic mass is 19.4. The number of nitrogens with one attached hydrogen (secondary N) is 1. The molecule has 2 heterocycles. The van der Waals surface area contributed by atoms with Crippen molar-refractivity contribution in [2.45, 2.75) is 24.7 Å². The number of carbonyl (C=O) groups is 2. The van der Waals surface area contributed by atoms with Crippen LogP contribution in [0.5, 0.6) is 0 Å². The van der Waals surface area contributed by atoms with Crippen molar-refractivity contribution in [1.82, 2.24) is 15.2 Å². The topological polar surface area (TPSA) is 105 Å². The molecular formula is C18H18F3N3O5. The molecule has 8 nitrogen and oxygen atoms in total. The van der Waals surface area contributed by atoms with Crippen molar-refractivity contribution in [2.75, 3.05) is 20.3 Å². The van der Waals surface area contributed by atoms with Crippen LogP contribution in [-0.2, 0) is 10.9 Å². The van der Waals surface area contributed by atoms with Crippen LogP contribution in [0.15, 0.2) is 34.9 Å². The summed E-state index contributed by atoms with van der Waals surface area (Å²) in [6.07, 6.45) is -4.11. The molecule has 0 saturated carbocycles. The van der Waals surface area contributed by atoms with E-state index in [0.29, 0.717) is 6.42 Å². The zero-order chi connectivity index (χ0) is 21.2. The Morgan fingerprint density at radius 1 is 1.41 bits per heavy atom. The number of nitrogens with zero attached hydrogens (tertiary/aromatic N) is 2. The van der Waals surface area contributed by atoms with E-state index in [1.807, 2.05) is 0 Å². The minimum Gasteiger partial charge on any atom is -0.465 e. The van der Waals surface area contributed by atoms with Gasteiger partial charge >= 0.3 is 18.2 Å². The van der Waals surface area contributed by atoms with E-state index in [4.69, 9.17) is 9.15 Å². The number of rotatable bonds is 5. The number of halogens is 3. The van der Waals surface area contributed by atoms with Gasteiger partial charge in [-0.15, -0.1) is 0 Å². The van der Waals surface area contributed by atoms with Crippen LogP contribution in [0, 0.1) is 0 Å². The Morgan fingerprint density at radius 2 is 2.17 bits per heavy atom. The summed E-state index contributed by atoms with van der Waals surface area (Å²) in [6.45, 7) is 0.271. The highest BCUT2D eigenvalue weighted by Crippen LogP contribution is 2.32. The Hall–Kier alpha value is -3.08. The Balaban J connectivity index is 1.70. The van der Waals surface area contributed by atoms with Crippen molar-refractivity contribution in [3.8, 4) is 11.3 Å². The van der Waals surface area contributed by atoms with Gasteiger partial charge in [0.1, 0.15) is 0 Å². The van der Waals surface area contributed by atoms with E-state index in [1.54, 1.807) is 0 Å². The van der Waals surface area contributed by atoms with E-state index in [-0.39, 0.29) is 30.4 Å². The van der Waals surface area contributed by atoms with Crippen LogP contribution in [-0.4, -0.2) is 59.3 Å². The van der Waals surface area contributed by atoms with Crippen LogP contribution in [0.4, 0.5) is 18.0 Å². The minimum absolute atomic E-state index is 0.0112. The van der Waals surface area contributed by atoms with Crippen LogP contribution in [0.25, 0.3) is 11.3 Å². The summed E-state index contributed by atoms with van der Waals surface area (Å²) in [7, 11) is 1.45. The third-order valence-electron chi connectivity index (χ3n) is 4.53. The molecule has 1 saturated heterocycles. The number of carboxylic acid groups (broad SMARTS) is 1. The quantitative estimate of drug-likeness (QED) is 0.781. The lowest BCUT2D eigenvalue weighted by Crippen LogP contribution is -2.39. The summed E-state index contributed by atoms with van der Waals surface area (Å²) in [5.41, 5.74) is -0.717. The van der Waals surface area contributed by atoms with Gasteiger partial charge in [0.2, 0.25) is 0 Å². The molecule has 0 radical (unpaired) electrons. The number of alkyl halides is 3. The van der Waals surface area contributed by atoms with Crippen LogP contribution in [0.1, 0.15) is 22.7 Å². The second kappa shape index (κ2) is 8.11. The smallest absolute Gasteiger partial charge is 0.416 e. The molecule has 1 aromatic carbocycles. The molecule has 0 aliphatic carbocycles. The first kappa shape index (κ1) is 20.6. The van der Waals surface area contributed by atoms with E-state index in [2.05, 4.69) is 10.3 Å². The van der Waals surface area contributed by atoms with Crippen molar-refractivity contribution in [3.05, 3.63) is 41.9 Å². The number of hydrogen-bond donors (Lipinski definition) is 2. The van der Waals surface area contributed by atoms with Crippen LogP contribution >= 0.6 is 0 Å². The van der Waals surface area contributed by atoms with Crippen LogP contribution in [0.2, 0.25) is 0 Å². The number of methoxy groups -OCH3 is 1. The Labute approximate surface area is 163 Å². The third kappa shape index (κ3) is 4.67. The Bertz CT molecular complexity index is 899. The summed E-state index contributed by atoms with van der Waals surface area (Å²) in [6, 6.07) is 3.61. The first-order chi connectivity index (χ1) is 13.7. The van der Waals surface area contributed by atoms with Gasteiger partial charge in [0.25, 0.3) is 5.89 Å². The largest absolute Gasteiger partial charge is 0.465 e. The maximum atomic E-state index is 12.9. The number of carbonyl (C=O) groups excluding carboxylic acids is 1. The van der Waals surface area contributed by atoms with Crippen molar-refractivity contribution >= 4 is 12.0 Å². The van der Waals surface area contributed by atoms with Crippen LogP contribution in [0.3, 0.4) is 0 Å². The SMILES string of the molecule is COCC1CC(NC(=O)c2ncc(-c3cccc(C(F)(F)F)c3)o2)CN1C(=O)O. The van der Waals surface area contributed by atoms with Gasteiger partial charge in [-0.2, -0.15) is 13.2 Å². The van der Waals surface area contributed by atoms with Gasteiger partial charge in [-0.3, -0.25) is 4.79 Å². The van der Waals surface area contributed by atoms with E-state index in [9.17, 15) is 27.9 Å². The maximum absolute atomic E-state index is 12.9. The molecule has 156 valence electrons. The molecule has 1 aromatic heterocycles. The van der Waals surface area contributed by atoms with Crippen LogP contribution < -0.4 is 5.32 Å². The number of amides is 2. The highest BCUT2D eigenvalue weighted by molar-refractivity contribution is 5.90. The van der Waals surface area contributed by atoms with Gasteiger partial charge in [-0.1, -0.05) is 12.1 Å². The number of aromatic nitrogens is 1. The average molecular weight is 413 g/mol. The lowest BCUT2D eigenvalue weighted by atomic mass is 10.1. The molecule has 1 aliphatic heterocycles. The Morgan fingerprint density at radius 3 is 2.83 bits per heavy atom. The molecule has 1 aliphatic rings. The third-order valence-corrected chi connectivity index (χ3v) is 4.53. The number of benzene rings is 1. The molecular weight excluding hydrogens is 395 g/mol. The second-order valence-corrected chi connectivity index (χ2v) is 6.56. The fourth-order valence-corrected chi connectivity index (χ4v) is 3.21. The number of likely N-dealkylation sites (tertiary alicyclic amines) is 1. The molecule has 0 bridgehead atoms. The lowest BCUT2D eigenvalue weighted by molar-refractivity contribution is -0.137. The molecule has 2 atom stereocenters. The summed E-state index contributed by atoms with van der Waals surface area (Å²) >= 11 is 0. The fourth-order valence-electron chi connectivity index (χ4n) is 3.21. The molecule has 3 rings (SSSR count). The molecule has 2 unspecified atom stereocenters. The number of ether oxygens (including phenoxy) is 1. The predicted molar refractivity (Wildman–Crippen MR) is 93.2 cm³/mol. The first-order valence-corrected chi connectivity index (χ1v) is 8.62. The van der Waals surface area contributed by atoms with Crippen molar-refractivity contribution < 1.29 is 37.0 Å². The molecule has 1 fully saturated rings. The predicted octanol–water partition coefficient (Wildman–Crippen LogP) is 2.86. The van der Waals surface area contributed by atoms with Crippen molar-refractivity contribution in [2.24, 2.45) is 0 Å². The van der Waals surface area contributed by atoms with Crippen molar-refractivity contribution in [3.63, 3.8) is 0 Å². The average Bonchev–Trinajstić information content (AvgIpc) is 3.29. The Kier molecular flexibility index (Phi) is 5.78. The zero-order valence-corrected chi connectivity index (χ0v) is 15.3. The van der Waals surface area contributed by atoms with E-state index in [1.165, 1.54) is 24.1 Å². The molecule has 0 spiro atoms. The fraction of sp³-hybridized carbons (Fsp3) is 0.389. The van der Waals surface area contributed by atoms with E-state index >= 15 is 0 Å². The van der Waals surface area contributed by atoms with Gasteiger partial charge in [-0.05, 0) is 18.6 Å². The first-order valence-electron chi connectivity index (χ1n) is 8.62. The molecule has 2 N–H and O–H groups in total. The second-order valence-electron chi connectivity index (χ2n) is 6.56.